The van der Waals surface area contributed by atoms with Gasteiger partial charge in [-0.05, 0) is 36.4 Å². The minimum Gasteiger partial charge on any atom is -0.497 e. The van der Waals surface area contributed by atoms with Crippen LogP contribution in [0.15, 0.2) is 69.0 Å². The number of nitrogens with one attached hydrogen (secondary N) is 2. The molecule has 1 amide bonds. The second kappa shape index (κ2) is 9.48. The fourth-order valence-corrected chi connectivity index (χ4v) is 3.78. The van der Waals surface area contributed by atoms with Crippen molar-refractivity contribution >= 4 is 23.4 Å². The van der Waals surface area contributed by atoms with Crippen LogP contribution in [-0.4, -0.2) is 35.8 Å². The Balaban J connectivity index is 1.40. The SMILES string of the molecule is COc1ccc(NC(=O)CCSc2nc(-c3ccco3)c(-c3ccco3)[nH]2)c(OC)c1. The van der Waals surface area contributed by atoms with Gasteiger partial charge in [0.25, 0.3) is 0 Å². The zero-order valence-electron chi connectivity index (χ0n) is 17.0. The Morgan fingerprint density at radius 3 is 2.55 bits per heavy atom. The molecule has 0 unspecified atom stereocenters. The highest BCUT2D eigenvalue weighted by molar-refractivity contribution is 7.99. The molecular weight excluding hydrogens is 418 g/mol. The Bertz CT molecular complexity index is 1080. The van der Waals surface area contributed by atoms with Crippen molar-refractivity contribution in [1.82, 2.24) is 9.97 Å². The number of ether oxygens (including phenoxy) is 2. The Hall–Kier alpha value is -3.59. The summed E-state index contributed by atoms with van der Waals surface area (Å²) < 4.78 is 21.5. The van der Waals surface area contributed by atoms with Gasteiger partial charge in [0.2, 0.25) is 5.91 Å². The molecular formula is C22H21N3O5S. The molecule has 9 heteroatoms. The summed E-state index contributed by atoms with van der Waals surface area (Å²) >= 11 is 1.44. The van der Waals surface area contributed by atoms with Crippen LogP contribution in [0.4, 0.5) is 5.69 Å². The van der Waals surface area contributed by atoms with Crippen LogP contribution in [-0.2, 0) is 4.79 Å². The largest absolute Gasteiger partial charge is 0.497 e. The van der Waals surface area contributed by atoms with Crippen LogP contribution < -0.4 is 14.8 Å². The minimum absolute atomic E-state index is 0.125. The summed E-state index contributed by atoms with van der Waals surface area (Å²) in [7, 11) is 3.12. The van der Waals surface area contributed by atoms with Gasteiger partial charge in [-0.3, -0.25) is 4.79 Å². The Morgan fingerprint density at radius 1 is 1.10 bits per heavy atom. The Kier molecular flexibility index (Phi) is 6.32. The maximum Gasteiger partial charge on any atom is 0.225 e. The van der Waals surface area contributed by atoms with E-state index in [4.69, 9.17) is 18.3 Å². The lowest BCUT2D eigenvalue weighted by Gasteiger charge is -2.11. The van der Waals surface area contributed by atoms with Gasteiger partial charge in [-0.25, -0.2) is 4.98 Å². The fourth-order valence-electron chi connectivity index (χ4n) is 2.97. The molecule has 4 rings (SSSR count). The molecule has 3 aromatic heterocycles. The molecule has 160 valence electrons. The molecule has 0 spiro atoms. The summed E-state index contributed by atoms with van der Waals surface area (Å²) in [6, 6.07) is 12.5. The molecule has 2 N–H and O–H groups in total. The number of aromatic amines is 1. The first kappa shape index (κ1) is 20.7. The van der Waals surface area contributed by atoms with Gasteiger partial charge in [0, 0.05) is 18.2 Å². The smallest absolute Gasteiger partial charge is 0.225 e. The van der Waals surface area contributed by atoms with Crippen molar-refractivity contribution in [1.29, 1.82) is 0 Å². The molecule has 1 aromatic carbocycles. The monoisotopic (exact) mass is 439 g/mol. The van der Waals surface area contributed by atoms with Gasteiger partial charge in [0.1, 0.15) is 22.9 Å². The number of carbonyl (C=O) groups is 1. The van der Waals surface area contributed by atoms with E-state index in [1.165, 1.54) is 11.8 Å². The number of rotatable bonds is 9. The van der Waals surface area contributed by atoms with Gasteiger partial charge >= 0.3 is 0 Å². The number of carbonyl (C=O) groups excluding carboxylic acids is 1. The molecule has 0 saturated heterocycles. The number of thioether (sulfide) groups is 1. The molecule has 3 heterocycles. The van der Waals surface area contributed by atoms with E-state index in [-0.39, 0.29) is 5.91 Å². The van der Waals surface area contributed by atoms with Gasteiger partial charge in [-0.15, -0.1) is 0 Å². The zero-order chi connectivity index (χ0) is 21.6. The van der Waals surface area contributed by atoms with Crippen molar-refractivity contribution < 1.29 is 23.1 Å². The molecule has 31 heavy (non-hydrogen) atoms. The number of anilines is 1. The second-order valence-electron chi connectivity index (χ2n) is 6.43. The number of furan rings is 2. The van der Waals surface area contributed by atoms with Crippen LogP contribution in [0, 0.1) is 0 Å². The number of methoxy groups -OCH3 is 2. The zero-order valence-corrected chi connectivity index (χ0v) is 17.8. The van der Waals surface area contributed by atoms with Crippen LogP contribution in [0.1, 0.15) is 6.42 Å². The molecule has 0 atom stereocenters. The third-order valence-electron chi connectivity index (χ3n) is 4.45. The molecule has 0 aliphatic carbocycles. The quantitative estimate of drug-likeness (QED) is 0.351. The van der Waals surface area contributed by atoms with E-state index in [9.17, 15) is 4.79 Å². The lowest BCUT2D eigenvalue weighted by Crippen LogP contribution is -2.13. The maximum absolute atomic E-state index is 12.4. The summed E-state index contributed by atoms with van der Waals surface area (Å²) in [5, 5.41) is 3.54. The molecule has 4 aromatic rings. The number of nitrogens with zero attached hydrogens (tertiary/aromatic N) is 1. The lowest BCUT2D eigenvalue weighted by molar-refractivity contribution is -0.115. The predicted molar refractivity (Wildman–Crippen MR) is 118 cm³/mol. The van der Waals surface area contributed by atoms with E-state index < -0.39 is 0 Å². The highest BCUT2D eigenvalue weighted by Gasteiger charge is 2.18. The highest BCUT2D eigenvalue weighted by Crippen LogP contribution is 2.33. The van der Waals surface area contributed by atoms with Crippen molar-refractivity contribution in [2.75, 3.05) is 25.3 Å². The van der Waals surface area contributed by atoms with Gasteiger partial charge < -0.3 is 28.6 Å². The number of H-pyrrole nitrogens is 1. The number of hydrogen-bond acceptors (Lipinski definition) is 7. The first-order valence-corrected chi connectivity index (χ1v) is 10.5. The van der Waals surface area contributed by atoms with Crippen LogP contribution in [0.25, 0.3) is 22.9 Å². The van der Waals surface area contributed by atoms with Crippen LogP contribution in [0.3, 0.4) is 0 Å². The lowest BCUT2D eigenvalue weighted by atomic mass is 10.2. The molecule has 0 radical (unpaired) electrons. The van der Waals surface area contributed by atoms with E-state index in [1.807, 2.05) is 18.2 Å². The summed E-state index contributed by atoms with van der Waals surface area (Å²) in [4.78, 5) is 20.3. The van der Waals surface area contributed by atoms with Crippen molar-refractivity contribution in [3.05, 3.63) is 55.0 Å². The maximum atomic E-state index is 12.4. The number of benzene rings is 1. The average molecular weight is 439 g/mol. The van der Waals surface area contributed by atoms with Crippen LogP contribution in [0.2, 0.25) is 0 Å². The summed E-state index contributed by atoms with van der Waals surface area (Å²) in [5.41, 5.74) is 1.99. The molecule has 8 nitrogen and oxygen atoms in total. The summed E-state index contributed by atoms with van der Waals surface area (Å²) in [5.74, 6) is 2.90. The number of hydrogen-bond donors (Lipinski definition) is 2. The summed E-state index contributed by atoms with van der Waals surface area (Å²) in [6.07, 6.45) is 3.50. The average Bonchev–Trinajstić information content (AvgIpc) is 3.54. The topological polar surface area (TPSA) is 103 Å². The van der Waals surface area contributed by atoms with Crippen LogP contribution in [0.5, 0.6) is 11.5 Å². The van der Waals surface area contributed by atoms with E-state index in [0.29, 0.717) is 51.7 Å². The van der Waals surface area contributed by atoms with Crippen LogP contribution >= 0.6 is 11.8 Å². The summed E-state index contributed by atoms with van der Waals surface area (Å²) in [6.45, 7) is 0. The van der Waals surface area contributed by atoms with Crippen molar-refractivity contribution in [3.63, 3.8) is 0 Å². The number of aromatic nitrogens is 2. The minimum atomic E-state index is -0.125. The Morgan fingerprint density at radius 2 is 1.87 bits per heavy atom. The van der Waals surface area contributed by atoms with Gasteiger partial charge in [0.15, 0.2) is 16.7 Å². The van der Waals surface area contributed by atoms with Crippen molar-refractivity contribution in [2.24, 2.45) is 0 Å². The van der Waals surface area contributed by atoms with E-state index in [1.54, 1.807) is 51.0 Å². The molecule has 0 bridgehead atoms. The van der Waals surface area contributed by atoms with Crippen molar-refractivity contribution in [3.8, 4) is 34.4 Å². The first-order valence-electron chi connectivity index (χ1n) is 9.50. The van der Waals surface area contributed by atoms with E-state index in [2.05, 4.69) is 15.3 Å². The van der Waals surface area contributed by atoms with E-state index in [0.717, 1.165) is 5.69 Å². The number of amides is 1. The van der Waals surface area contributed by atoms with Crippen molar-refractivity contribution in [2.45, 2.75) is 11.6 Å². The third kappa shape index (κ3) is 4.77. The number of imidazole rings is 1. The van der Waals surface area contributed by atoms with Gasteiger partial charge in [0.05, 0.1) is 32.4 Å². The fraction of sp³-hybridized carbons (Fsp3) is 0.182. The highest BCUT2D eigenvalue weighted by atomic mass is 32.2. The van der Waals surface area contributed by atoms with E-state index >= 15 is 0 Å². The molecule has 0 aliphatic rings. The van der Waals surface area contributed by atoms with Gasteiger partial charge in [-0.1, -0.05) is 11.8 Å². The Labute approximate surface area is 183 Å². The molecule has 0 fully saturated rings. The standard InChI is InChI=1S/C22H21N3O5S/c1-27-14-7-8-15(18(13-14)28-2)23-19(26)9-12-31-22-24-20(16-5-3-10-29-16)21(25-22)17-6-4-11-30-17/h3-8,10-11,13H,9,12H2,1-2H3,(H,23,26)(H,24,25). The molecule has 0 saturated carbocycles. The predicted octanol–water partition coefficient (Wildman–Crippen LogP) is 5.07. The van der Waals surface area contributed by atoms with Gasteiger partial charge in [-0.2, -0.15) is 0 Å². The third-order valence-corrected chi connectivity index (χ3v) is 5.33. The second-order valence-corrected chi connectivity index (χ2v) is 7.52. The molecule has 0 aliphatic heterocycles. The normalized spacial score (nSPS) is 10.8. The first-order chi connectivity index (χ1) is 15.2.